The molecule has 0 heterocycles. The third kappa shape index (κ3) is 11.2. The second-order valence-corrected chi connectivity index (χ2v) is 7.84. The second-order valence-electron chi connectivity index (χ2n) is 7.84. The van der Waals surface area contributed by atoms with Crippen LogP contribution in [0.2, 0.25) is 0 Å². The second kappa shape index (κ2) is 15.5. The predicted octanol–water partition coefficient (Wildman–Crippen LogP) is -0.639. The van der Waals surface area contributed by atoms with E-state index >= 15 is 0 Å². The number of carbonyl (C=O) groups is 3. The largest absolute Gasteiger partial charge is 0.480 e. The van der Waals surface area contributed by atoms with Crippen molar-refractivity contribution in [2.24, 2.45) is 11.5 Å². The van der Waals surface area contributed by atoms with E-state index in [1.165, 1.54) is 6.07 Å². The van der Waals surface area contributed by atoms with Crippen LogP contribution in [0, 0.1) is 25.6 Å². The molecule has 0 unspecified atom stereocenters. The molecule has 17 heteroatoms. The fourth-order valence-electron chi connectivity index (χ4n) is 3.21. The van der Waals surface area contributed by atoms with Gasteiger partial charge in [-0.1, -0.05) is 0 Å². The highest BCUT2D eigenvalue weighted by molar-refractivity contribution is 5.90. The average molecular weight is 526 g/mol. The Kier molecular flexibility index (Phi) is 12.7. The van der Waals surface area contributed by atoms with Crippen LogP contribution in [0.5, 0.6) is 0 Å². The van der Waals surface area contributed by atoms with E-state index < -0.39 is 51.1 Å². The van der Waals surface area contributed by atoms with E-state index in [1.807, 2.05) is 0 Å². The molecule has 0 bridgehead atoms. The quantitative estimate of drug-likeness (QED) is 0.0414. The molecule has 17 nitrogen and oxygen atoms in total. The maximum Gasteiger partial charge on any atom is 0.326 e. The Morgan fingerprint density at radius 2 is 1.68 bits per heavy atom. The first-order valence-corrected chi connectivity index (χ1v) is 11.2. The lowest BCUT2D eigenvalue weighted by Gasteiger charge is -2.21. The number of nitrogens with one attached hydrogen (secondary N) is 5. The Morgan fingerprint density at radius 3 is 2.24 bits per heavy atom. The lowest BCUT2D eigenvalue weighted by molar-refractivity contribution is -0.393. The van der Waals surface area contributed by atoms with Crippen molar-refractivity contribution in [3.63, 3.8) is 0 Å². The molecule has 10 N–H and O–H groups in total. The maximum absolute atomic E-state index is 12.7. The van der Waals surface area contributed by atoms with Gasteiger partial charge in [0.15, 0.2) is 5.96 Å². The first-order chi connectivity index (χ1) is 17.5. The van der Waals surface area contributed by atoms with Crippen molar-refractivity contribution in [2.45, 2.75) is 44.2 Å². The van der Waals surface area contributed by atoms with Gasteiger partial charge in [-0.3, -0.25) is 35.2 Å². The zero-order valence-corrected chi connectivity index (χ0v) is 19.9. The molecule has 0 saturated carbocycles. The number of hydrogen-bond donors (Lipinski definition) is 8. The number of nitro groups is 2. The number of carboxylic acid groups (broad SMARTS) is 1. The minimum Gasteiger partial charge on any atom is -0.480 e. The number of guanidine groups is 1. The Labute approximate surface area is 211 Å². The highest BCUT2D eigenvalue weighted by Crippen LogP contribution is 2.28. The van der Waals surface area contributed by atoms with E-state index in [-0.39, 0.29) is 44.1 Å². The third-order valence-electron chi connectivity index (χ3n) is 5.06. The Hall–Kier alpha value is -4.54. The number of hydrogen-bond acceptors (Lipinski definition) is 10. The third-order valence-corrected chi connectivity index (χ3v) is 5.06. The van der Waals surface area contributed by atoms with Gasteiger partial charge >= 0.3 is 5.97 Å². The number of non-ortho nitro benzene ring substituents is 1. The highest BCUT2D eigenvalue weighted by Gasteiger charge is 2.26. The van der Waals surface area contributed by atoms with Gasteiger partial charge in [-0.05, 0) is 38.2 Å². The van der Waals surface area contributed by atoms with Crippen molar-refractivity contribution in [1.82, 2.24) is 16.0 Å². The van der Waals surface area contributed by atoms with Gasteiger partial charge in [-0.25, -0.2) is 4.79 Å². The summed E-state index contributed by atoms with van der Waals surface area (Å²) in [4.78, 5) is 56.6. The van der Waals surface area contributed by atoms with Gasteiger partial charge in [0.05, 0.1) is 22.5 Å². The van der Waals surface area contributed by atoms with Crippen LogP contribution in [0.15, 0.2) is 18.2 Å². The molecule has 0 radical (unpaired) electrons. The van der Waals surface area contributed by atoms with Gasteiger partial charge in [0, 0.05) is 19.2 Å². The molecular formula is C20H31N9O8. The molecule has 0 aliphatic carbocycles. The van der Waals surface area contributed by atoms with Crippen LogP contribution in [0.1, 0.15) is 32.1 Å². The van der Waals surface area contributed by atoms with Crippen LogP contribution in [-0.4, -0.2) is 70.4 Å². The SMILES string of the molecule is N=C(N)NCCC[C@@H](NC(=O)[C@H](CCCCNc1ccc([N+](=O)[O-])cc1[N+](=O)[O-])NC(=O)CN)C(=O)O. The Morgan fingerprint density at radius 1 is 1.00 bits per heavy atom. The topological polar surface area (TPSA) is 282 Å². The van der Waals surface area contributed by atoms with Crippen LogP contribution in [0.3, 0.4) is 0 Å². The van der Waals surface area contributed by atoms with Crippen LogP contribution in [-0.2, 0) is 14.4 Å². The van der Waals surface area contributed by atoms with Gasteiger partial charge in [0.25, 0.3) is 11.4 Å². The number of carboxylic acids is 1. The highest BCUT2D eigenvalue weighted by atomic mass is 16.6. The summed E-state index contributed by atoms with van der Waals surface area (Å²) >= 11 is 0. The molecule has 0 spiro atoms. The first kappa shape index (κ1) is 30.5. The van der Waals surface area contributed by atoms with E-state index in [0.717, 1.165) is 12.1 Å². The maximum atomic E-state index is 12.7. The number of amides is 2. The van der Waals surface area contributed by atoms with Crippen molar-refractivity contribution in [3.8, 4) is 0 Å². The number of carbonyl (C=O) groups excluding carboxylic acids is 2. The summed E-state index contributed by atoms with van der Waals surface area (Å²) in [5.41, 5.74) is 9.68. The normalized spacial score (nSPS) is 12.0. The van der Waals surface area contributed by atoms with E-state index in [9.17, 15) is 39.7 Å². The van der Waals surface area contributed by atoms with Gasteiger partial charge in [0.1, 0.15) is 17.8 Å². The predicted molar refractivity (Wildman–Crippen MR) is 132 cm³/mol. The average Bonchev–Trinajstić information content (AvgIpc) is 2.84. The summed E-state index contributed by atoms with van der Waals surface area (Å²) in [6.07, 6.45) is 1.24. The van der Waals surface area contributed by atoms with Gasteiger partial charge < -0.3 is 37.8 Å². The van der Waals surface area contributed by atoms with E-state index in [0.29, 0.717) is 19.3 Å². The van der Waals surface area contributed by atoms with Crippen molar-refractivity contribution >= 4 is 40.8 Å². The molecule has 0 saturated heterocycles. The first-order valence-electron chi connectivity index (χ1n) is 11.2. The zero-order valence-electron chi connectivity index (χ0n) is 19.9. The molecule has 1 aromatic carbocycles. The molecule has 37 heavy (non-hydrogen) atoms. The lowest BCUT2D eigenvalue weighted by atomic mass is 10.1. The molecule has 0 aliphatic heterocycles. The van der Waals surface area contributed by atoms with E-state index in [2.05, 4.69) is 21.3 Å². The van der Waals surface area contributed by atoms with E-state index in [1.54, 1.807) is 0 Å². The summed E-state index contributed by atoms with van der Waals surface area (Å²) in [6.45, 7) is 0.0786. The fraction of sp³-hybridized carbons (Fsp3) is 0.500. The van der Waals surface area contributed by atoms with Gasteiger partial charge in [0.2, 0.25) is 11.8 Å². The number of rotatable bonds is 17. The fourth-order valence-corrected chi connectivity index (χ4v) is 3.21. The minimum absolute atomic E-state index is 0.0524. The summed E-state index contributed by atoms with van der Waals surface area (Å²) < 4.78 is 0. The number of anilines is 1. The Bertz CT molecular complexity index is 1000. The number of benzene rings is 1. The van der Waals surface area contributed by atoms with Crippen molar-refractivity contribution in [1.29, 1.82) is 5.41 Å². The number of unbranched alkanes of at least 4 members (excludes halogenated alkanes) is 1. The number of aliphatic carboxylic acids is 1. The van der Waals surface area contributed by atoms with E-state index in [4.69, 9.17) is 16.9 Å². The lowest BCUT2D eigenvalue weighted by Crippen LogP contribution is -2.52. The smallest absolute Gasteiger partial charge is 0.326 e. The van der Waals surface area contributed by atoms with Gasteiger partial charge in [-0.15, -0.1) is 0 Å². The molecule has 204 valence electrons. The van der Waals surface area contributed by atoms with Gasteiger partial charge in [-0.2, -0.15) is 0 Å². The standard InChI is InChI=1S/C20H31N9O8/c21-11-17(30)26-14(18(31)27-15(19(32)33)5-3-9-25-20(22)23)4-1-2-8-24-13-7-6-12(28(34)35)10-16(13)29(36)37/h6-7,10,14-15,24H,1-5,8-9,11,21H2,(H,26,30)(H,27,31)(H,32,33)(H4,22,23,25)/t14-,15+/m0/s1. The van der Waals surface area contributed by atoms with Crippen molar-refractivity contribution in [3.05, 3.63) is 38.4 Å². The Balaban J connectivity index is 2.69. The van der Waals surface area contributed by atoms with Crippen molar-refractivity contribution in [2.75, 3.05) is 25.0 Å². The van der Waals surface area contributed by atoms with Crippen molar-refractivity contribution < 1.29 is 29.3 Å². The minimum atomic E-state index is -1.27. The van der Waals surface area contributed by atoms with Crippen LogP contribution >= 0.6 is 0 Å². The molecule has 2 atom stereocenters. The number of nitrogens with two attached hydrogens (primary N) is 2. The number of nitro benzene ring substituents is 2. The molecule has 0 aliphatic rings. The summed E-state index contributed by atoms with van der Waals surface area (Å²) in [6, 6.07) is 0.906. The summed E-state index contributed by atoms with van der Waals surface area (Å²) in [5.74, 6) is -2.86. The van der Waals surface area contributed by atoms with Crippen LogP contribution in [0.25, 0.3) is 0 Å². The molecule has 0 aromatic heterocycles. The molecule has 1 rings (SSSR count). The summed E-state index contributed by atoms with van der Waals surface area (Å²) in [5, 5.41) is 48.7. The molecule has 0 fully saturated rings. The van der Waals surface area contributed by atoms with Crippen LogP contribution in [0.4, 0.5) is 17.1 Å². The zero-order chi connectivity index (χ0) is 28.0. The molecule has 2 amide bonds. The monoisotopic (exact) mass is 525 g/mol. The summed E-state index contributed by atoms with van der Waals surface area (Å²) in [7, 11) is 0. The molecule has 1 aromatic rings. The molecular weight excluding hydrogens is 494 g/mol. The van der Waals surface area contributed by atoms with Crippen LogP contribution < -0.4 is 32.7 Å². The number of nitrogens with zero attached hydrogens (tertiary/aromatic N) is 2.